The van der Waals surface area contributed by atoms with Crippen LogP contribution in [0.4, 0.5) is 0 Å². The van der Waals surface area contributed by atoms with Crippen LogP contribution < -0.4 is 15.2 Å². The number of hydrogen-bond donors (Lipinski definition) is 6. The van der Waals surface area contributed by atoms with Crippen LogP contribution in [0.5, 0.6) is 5.75 Å². The van der Waals surface area contributed by atoms with E-state index in [0.29, 0.717) is 5.56 Å². The summed E-state index contributed by atoms with van der Waals surface area (Å²) in [6.07, 6.45) is -0.335. The van der Waals surface area contributed by atoms with Crippen LogP contribution in [-0.4, -0.2) is 156 Å². The highest BCUT2D eigenvalue weighted by molar-refractivity contribution is 7.51. The average Bonchev–Trinajstić information content (AvgIpc) is 3.09. The van der Waals surface area contributed by atoms with Gasteiger partial charge in [-0.05, 0) is 93.0 Å². The molecule has 6 N–H and O–H groups in total. The van der Waals surface area contributed by atoms with E-state index in [2.05, 4.69) is 36.6 Å². The van der Waals surface area contributed by atoms with Crippen LogP contribution in [-0.2, 0) is 28.0 Å². The molecule has 56 heavy (non-hydrogen) atoms. The maximum atomic E-state index is 13.1. The number of amides is 2. The molecule has 19 heteroatoms. The molecule has 1 aliphatic rings. The monoisotopic (exact) mass is 826 g/mol. The van der Waals surface area contributed by atoms with Gasteiger partial charge in [0.2, 0.25) is 11.8 Å². The molecule has 0 spiro atoms. The van der Waals surface area contributed by atoms with Crippen LogP contribution in [0.25, 0.3) is 11.1 Å². The molecule has 1 aliphatic heterocycles. The zero-order chi connectivity index (χ0) is 41.8. The van der Waals surface area contributed by atoms with Crippen molar-refractivity contribution in [1.29, 1.82) is 0 Å². The summed E-state index contributed by atoms with van der Waals surface area (Å²) in [5.41, 5.74) is 7.01. The van der Waals surface area contributed by atoms with Gasteiger partial charge >= 0.3 is 21.4 Å². The van der Waals surface area contributed by atoms with Crippen molar-refractivity contribution in [3.8, 4) is 16.9 Å². The Morgan fingerprint density at radius 2 is 1.23 bits per heavy atom. The number of phosphoric acid groups is 1. The highest BCUT2D eigenvalue weighted by Crippen LogP contribution is 2.46. The second kappa shape index (κ2) is 21.5. The van der Waals surface area contributed by atoms with Crippen molar-refractivity contribution >= 4 is 33.2 Å². The lowest BCUT2D eigenvalue weighted by molar-refractivity contribution is -0.144. The molecule has 0 aromatic heterocycles. The number of aliphatic carboxylic acids is 1. The largest absolute Gasteiger partial charge is 0.527 e. The van der Waals surface area contributed by atoms with Crippen LogP contribution in [0.3, 0.4) is 0 Å². The predicted octanol–water partition coefficient (Wildman–Crippen LogP) is 2.47. The Morgan fingerprint density at radius 1 is 0.732 bits per heavy atom. The number of aryl methyl sites for hydroxylation is 5. The van der Waals surface area contributed by atoms with Crippen LogP contribution in [0.2, 0.25) is 0 Å². The van der Waals surface area contributed by atoms with Crippen LogP contribution in [0.15, 0.2) is 24.3 Å². The van der Waals surface area contributed by atoms with Crippen molar-refractivity contribution in [3.63, 3.8) is 0 Å². The van der Waals surface area contributed by atoms with Crippen LogP contribution >= 0.6 is 15.4 Å². The molecule has 0 bridgehead atoms. The van der Waals surface area contributed by atoms with Gasteiger partial charge in [0.05, 0.1) is 19.7 Å². The van der Waals surface area contributed by atoms with Gasteiger partial charge in [-0.15, -0.1) is 0 Å². The molecule has 314 valence electrons. The van der Waals surface area contributed by atoms with Crippen molar-refractivity contribution < 1.29 is 52.3 Å². The fraction of sp³-hybridized carbons (Fsp3) is 0.595. The number of carboxylic acids is 1. The molecule has 1 saturated heterocycles. The number of carbonyl (C=O) groups excluding carboxylic acids is 2. The zero-order valence-corrected chi connectivity index (χ0v) is 35.4. The van der Waals surface area contributed by atoms with Gasteiger partial charge in [-0.25, -0.2) is 4.57 Å². The normalized spacial score (nSPS) is 17.6. The first-order chi connectivity index (χ1) is 26.2. The van der Waals surface area contributed by atoms with E-state index in [1.165, 1.54) is 14.1 Å². The van der Waals surface area contributed by atoms with E-state index < -0.39 is 33.7 Å². The minimum atomic E-state index is -4.59. The number of rotatable bonds is 16. The molecule has 17 nitrogen and oxygen atoms in total. The zero-order valence-electron chi connectivity index (χ0n) is 33.6. The molecule has 1 fully saturated rings. The Labute approximate surface area is 330 Å². The number of carboxylic acid groups (broad SMARTS) is 1. The number of hydrogen-bond acceptors (Lipinski definition) is 11. The summed E-state index contributed by atoms with van der Waals surface area (Å²) in [5.74, 6) is -1.46. The van der Waals surface area contributed by atoms with E-state index in [1.807, 2.05) is 19.9 Å². The molecule has 2 aromatic carbocycles. The van der Waals surface area contributed by atoms with E-state index in [1.54, 1.807) is 32.6 Å². The second-order valence-electron chi connectivity index (χ2n) is 14.5. The quantitative estimate of drug-likeness (QED) is 0.106. The highest BCUT2D eigenvalue weighted by atomic mass is 31.2. The van der Waals surface area contributed by atoms with E-state index in [0.717, 1.165) is 33.4 Å². The topological polar surface area (TPSA) is 222 Å². The summed E-state index contributed by atoms with van der Waals surface area (Å²) in [6.45, 7) is 11.5. The first kappa shape index (κ1) is 47.2. The lowest BCUT2D eigenvalue weighted by Gasteiger charge is -2.36. The Morgan fingerprint density at radius 3 is 1.71 bits per heavy atom. The number of carbonyl (C=O) groups is 3. The van der Waals surface area contributed by atoms with Crippen molar-refractivity contribution in [2.45, 2.75) is 53.5 Å². The average molecular weight is 827 g/mol. The Balaban J connectivity index is 1.74. The molecule has 1 unspecified atom stereocenters. The highest BCUT2D eigenvalue weighted by Gasteiger charge is 2.30. The fourth-order valence-electron chi connectivity index (χ4n) is 6.98. The molecule has 2 atom stereocenters. The lowest BCUT2D eigenvalue weighted by Crippen LogP contribution is -2.52. The Kier molecular flexibility index (Phi) is 18.1. The van der Waals surface area contributed by atoms with Gasteiger partial charge in [0.1, 0.15) is 18.1 Å². The summed E-state index contributed by atoms with van der Waals surface area (Å²) in [7, 11) is -6.01. The predicted molar refractivity (Wildman–Crippen MR) is 214 cm³/mol. The Hall–Kier alpha value is -3.21. The van der Waals surface area contributed by atoms with Gasteiger partial charge in [-0.1, -0.05) is 17.7 Å². The SMILES string of the molecule is CNC(=O)CN1CCN(CP(=O)(O)O)CCN(CC(=O)NC)CCN([C@H](CCCOP(=O)(O)Oc2cc(C)c(-c3c(C)cc(C)cc3C)cc2C)C(=O)O)CC1. The minimum Gasteiger partial charge on any atom is -0.480 e. The molecule has 2 aromatic rings. The van der Waals surface area contributed by atoms with Crippen molar-refractivity contribution in [2.24, 2.45) is 0 Å². The van der Waals surface area contributed by atoms with Crippen molar-refractivity contribution in [3.05, 3.63) is 52.1 Å². The van der Waals surface area contributed by atoms with Crippen LogP contribution in [0, 0.1) is 34.6 Å². The number of likely N-dealkylation sites (N-methyl/N-ethyl adjacent to an activating group) is 2. The summed E-state index contributed by atoms with van der Waals surface area (Å²) in [6, 6.07) is 6.82. The summed E-state index contributed by atoms with van der Waals surface area (Å²) >= 11 is 0. The van der Waals surface area contributed by atoms with Crippen molar-refractivity contribution in [1.82, 2.24) is 30.2 Å². The first-order valence-electron chi connectivity index (χ1n) is 18.7. The molecular formula is C37H60N6O11P2. The van der Waals surface area contributed by atoms with Gasteiger partial charge in [-0.3, -0.25) is 48.0 Å². The third-order valence-electron chi connectivity index (χ3n) is 9.83. The smallest absolute Gasteiger partial charge is 0.480 e. The third kappa shape index (κ3) is 15.3. The molecule has 0 aliphatic carbocycles. The second-order valence-corrected chi connectivity index (χ2v) is 17.4. The Bertz CT molecular complexity index is 1720. The molecule has 1 heterocycles. The van der Waals surface area contributed by atoms with E-state index in [-0.39, 0.29) is 102 Å². The summed E-state index contributed by atoms with van der Waals surface area (Å²) in [5, 5.41) is 15.5. The lowest BCUT2D eigenvalue weighted by atomic mass is 9.90. The molecule has 0 radical (unpaired) electrons. The van der Waals surface area contributed by atoms with Gasteiger partial charge in [0, 0.05) is 66.5 Å². The minimum absolute atomic E-state index is 0.0127. The van der Waals surface area contributed by atoms with Gasteiger partial charge in [0.15, 0.2) is 0 Å². The molecule has 0 saturated carbocycles. The van der Waals surface area contributed by atoms with Gasteiger partial charge < -0.3 is 30.1 Å². The maximum absolute atomic E-state index is 13.1. The summed E-state index contributed by atoms with van der Waals surface area (Å²) < 4.78 is 35.9. The molecular weight excluding hydrogens is 766 g/mol. The summed E-state index contributed by atoms with van der Waals surface area (Å²) in [4.78, 5) is 74.4. The van der Waals surface area contributed by atoms with Gasteiger partial charge in [0.25, 0.3) is 0 Å². The maximum Gasteiger partial charge on any atom is 0.527 e. The molecule has 3 rings (SSSR count). The van der Waals surface area contributed by atoms with E-state index in [4.69, 9.17) is 9.05 Å². The molecule has 2 amide bonds. The number of phosphoric ester groups is 1. The number of nitrogens with one attached hydrogen (secondary N) is 2. The van der Waals surface area contributed by atoms with Crippen LogP contribution in [0.1, 0.15) is 40.7 Å². The van der Waals surface area contributed by atoms with Crippen molar-refractivity contribution in [2.75, 3.05) is 92.4 Å². The van der Waals surface area contributed by atoms with E-state index >= 15 is 0 Å². The standard InChI is InChI=1S/C37H60N6O11P2/c1-26-19-29(4)36(30(5)20-26)31-21-28(3)33(22-27(31)2)54-56(51,52)53-18-8-9-32(37(46)47)43-16-14-40(23-34(44)38-6)10-12-42(25-55(48,49)50)13-11-41(15-17-43)24-35(45)39-7/h19-22,32H,8-18,23-25H2,1-7H3,(H,38,44)(H,39,45)(H,46,47)(H,51,52)(H2,48,49,50)/t32-/m1/s1. The van der Waals surface area contributed by atoms with Gasteiger partial charge in [-0.2, -0.15) is 0 Å². The van der Waals surface area contributed by atoms with E-state index in [9.17, 15) is 43.3 Å². The number of nitrogens with zero attached hydrogens (tertiary/aromatic N) is 4. The first-order valence-corrected chi connectivity index (χ1v) is 22.0. The fourth-order valence-corrected chi connectivity index (χ4v) is 8.64. The number of benzene rings is 2. The third-order valence-corrected chi connectivity index (χ3v) is 11.5.